The van der Waals surface area contributed by atoms with Crippen LogP contribution in [0.5, 0.6) is 0 Å². The molecule has 2 atom stereocenters. The summed E-state index contributed by atoms with van der Waals surface area (Å²) in [5.41, 5.74) is 4.20. The molecule has 1 fully saturated rings. The Morgan fingerprint density at radius 1 is 1.10 bits per heavy atom. The van der Waals surface area contributed by atoms with Crippen molar-refractivity contribution in [3.8, 4) is 0 Å². The predicted molar refractivity (Wildman–Crippen MR) is 90.0 cm³/mol. The van der Waals surface area contributed by atoms with E-state index in [2.05, 4.69) is 65.2 Å². The number of ether oxygens (including phenoxy) is 1. The quantitative estimate of drug-likeness (QED) is 0.843. The van der Waals surface area contributed by atoms with Crippen LogP contribution in [0.1, 0.15) is 82.0 Å². The van der Waals surface area contributed by atoms with Gasteiger partial charge in [0, 0.05) is 6.61 Å². The Bertz CT molecular complexity index is 472. The summed E-state index contributed by atoms with van der Waals surface area (Å²) in [4.78, 5) is 0. The van der Waals surface area contributed by atoms with Gasteiger partial charge in [0.05, 0.1) is 11.6 Å². The molecule has 2 unspecified atom stereocenters. The molecule has 1 aliphatic rings. The molecule has 2 heteroatoms. The van der Waals surface area contributed by atoms with E-state index in [1.54, 1.807) is 0 Å². The molecule has 2 rings (SSSR count). The van der Waals surface area contributed by atoms with E-state index in [4.69, 9.17) is 4.74 Å². The van der Waals surface area contributed by atoms with Crippen LogP contribution in [0.25, 0.3) is 0 Å². The topological polar surface area (TPSA) is 21.3 Å². The Kier molecular flexibility index (Phi) is 5.11. The van der Waals surface area contributed by atoms with Gasteiger partial charge in [0.25, 0.3) is 0 Å². The van der Waals surface area contributed by atoms with E-state index in [0.29, 0.717) is 11.8 Å². The Balaban J connectivity index is 2.45. The zero-order valence-electron chi connectivity index (χ0n) is 14.5. The highest BCUT2D eigenvalue weighted by Crippen LogP contribution is 2.40. The van der Waals surface area contributed by atoms with Crippen molar-refractivity contribution in [3.05, 3.63) is 34.9 Å². The number of nitrogens with one attached hydrogen (secondary N) is 1. The Morgan fingerprint density at radius 2 is 1.81 bits per heavy atom. The maximum absolute atomic E-state index is 6.10. The minimum Gasteiger partial charge on any atom is -0.373 e. The second-order valence-electron chi connectivity index (χ2n) is 7.18. The molecule has 1 heterocycles. The van der Waals surface area contributed by atoms with E-state index in [9.17, 15) is 0 Å². The molecule has 1 saturated heterocycles. The van der Waals surface area contributed by atoms with Crippen molar-refractivity contribution in [2.75, 3.05) is 13.7 Å². The number of hydrogen-bond donors (Lipinski definition) is 1. The lowest BCUT2D eigenvalue weighted by Crippen LogP contribution is -2.40. The summed E-state index contributed by atoms with van der Waals surface area (Å²) in [5.74, 6) is 1.10. The van der Waals surface area contributed by atoms with E-state index >= 15 is 0 Å². The normalized spacial score (nSPS) is 24.0. The average molecular weight is 289 g/mol. The van der Waals surface area contributed by atoms with Crippen LogP contribution in [0, 0.1) is 0 Å². The molecule has 0 spiro atoms. The van der Waals surface area contributed by atoms with Crippen molar-refractivity contribution in [1.82, 2.24) is 5.32 Å². The minimum atomic E-state index is -0.0856. The molecule has 1 aromatic rings. The first-order chi connectivity index (χ1) is 9.89. The Morgan fingerprint density at radius 3 is 2.29 bits per heavy atom. The third-order valence-electron chi connectivity index (χ3n) is 4.86. The molecule has 21 heavy (non-hydrogen) atoms. The Labute approximate surface area is 130 Å². The lowest BCUT2D eigenvalue weighted by Gasteiger charge is -2.35. The lowest BCUT2D eigenvalue weighted by atomic mass is 9.81. The monoisotopic (exact) mass is 289 g/mol. The molecule has 1 N–H and O–H groups in total. The largest absolute Gasteiger partial charge is 0.373 e. The van der Waals surface area contributed by atoms with Crippen LogP contribution in [-0.4, -0.2) is 19.3 Å². The first-order valence-corrected chi connectivity index (χ1v) is 8.34. The third-order valence-corrected chi connectivity index (χ3v) is 4.86. The van der Waals surface area contributed by atoms with Gasteiger partial charge >= 0.3 is 0 Å². The highest BCUT2D eigenvalue weighted by Gasteiger charge is 2.39. The molecular weight excluding hydrogens is 258 g/mol. The van der Waals surface area contributed by atoms with E-state index in [-0.39, 0.29) is 11.6 Å². The summed E-state index contributed by atoms with van der Waals surface area (Å²) in [6.45, 7) is 12.2. The predicted octanol–water partition coefficient (Wildman–Crippen LogP) is 4.76. The second kappa shape index (κ2) is 6.50. The minimum absolute atomic E-state index is 0.0856. The summed E-state index contributed by atoms with van der Waals surface area (Å²) >= 11 is 0. The van der Waals surface area contributed by atoms with Crippen LogP contribution >= 0.6 is 0 Å². The molecule has 1 aliphatic heterocycles. The van der Waals surface area contributed by atoms with E-state index < -0.39 is 0 Å². The average Bonchev–Trinajstić information content (AvgIpc) is 2.87. The lowest BCUT2D eigenvalue weighted by molar-refractivity contribution is -0.0107. The maximum atomic E-state index is 6.10. The fourth-order valence-corrected chi connectivity index (χ4v) is 3.53. The zero-order chi connectivity index (χ0) is 15.6. The van der Waals surface area contributed by atoms with Crippen LogP contribution in [0.4, 0.5) is 0 Å². The molecule has 0 radical (unpaired) electrons. The smallest absolute Gasteiger partial charge is 0.0849 e. The van der Waals surface area contributed by atoms with Crippen molar-refractivity contribution in [2.24, 2.45) is 0 Å². The number of likely N-dealkylation sites (N-methyl/N-ethyl adjacent to an activating group) is 1. The van der Waals surface area contributed by atoms with Gasteiger partial charge in [-0.05, 0) is 55.3 Å². The Hall–Kier alpha value is -0.860. The molecular formula is C19H31NO. The molecule has 0 amide bonds. The van der Waals surface area contributed by atoms with Gasteiger partial charge in [-0.15, -0.1) is 0 Å². The van der Waals surface area contributed by atoms with Gasteiger partial charge in [-0.1, -0.05) is 45.9 Å². The van der Waals surface area contributed by atoms with Crippen LogP contribution in [-0.2, 0) is 4.74 Å². The first kappa shape index (κ1) is 16.5. The third kappa shape index (κ3) is 3.32. The van der Waals surface area contributed by atoms with Gasteiger partial charge < -0.3 is 10.1 Å². The van der Waals surface area contributed by atoms with Crippen molar-refractivity contribution in [3.63, 3.8) is 0 Å². The standard InChI is InChI=1S/C19H31NO/c1-13(2)15-8-9-16(17(12-15)14(3)4)18(20-6)19(5)10-7-11-21-19/h8-9,12-14,18,20H,7,10-11H2,1-6H3. The molecule has 1 aromatic carbocycles. The van der Waals surface area contributed by atoms with E-state index in [1.165, 1.54) is 16.7 Å². The molecule has 118 valence electrons. The second-order valence-corrected chi connectivity index (χ2v) is 7.18. The van der Waals surface area contributed by atoms with Gasteiger partial charge in [0.1, 0.15) is 0 Å². The highest BCUT2D eigenvalue weighted by atomic mass is 16.5. The SMILES string of the molecule is CNC(c1ccc(C(C)C)cc1C(C)C)C1(C)CCCO1. The summed E-state index contributed by atoms with van der Waals surface area (Å²) < 4.78 is 6.10. The van der Waals surface area contributed by atoms with Gasteiger partial charge in [-0.3, -0.25) is 0 Å². The first-order valence-electron chi connectivity index (χ1n) is 8.34. The number of rotatable bonds is 5. The van der Waals surface area contributed by atoms with E-state index in [1.807, 2.05) is 0 Å². The van der Waals surface area contributed by atoms with Crippen molar-refractivity contribution < 1.29 is 4.74 Å². The van der Waals surface area contributed by atoms with Crippen molar-refractivity contribution in [1.29, 1.82) is 0 Å². The van der Waals surface area contributed by atoms with Crippen LogP contribution in [0.15, 0.2) is 18.2 Å². The zero-order valence-corrected chi connectivity index (χ0v) is 14.5. The summed E-state index contributed by atoms with van der Waals surface area (Å²) in [5, 5.41) is 3.52. The molecule has 0 bridgehead atoms. The molecule has 2 nitrogen and oxygen atoms in total. The molecule has 0 saturated carbocycles. The van der Waals surface area contributed by atoms with Gasteiger partial charge in [-0.2, -0.15) is 0 Å². The van der Waals surface area contributed by atoms with Crippen LogP contribution in [0.2, 0.25) is 0 Å². The van der Waals surface area contributed by atoms with E-state index in [0.717, 1.165) is 19.4 Å². The maximum Gasteiger partial charge on any atom is 0.0849 e. The van der Waals surface area contributed by atoms with Crippen molar-refractivity contribution >= 4 is 0 Å². The number of hydrogen-bond acceptors (Lipinski definition) is 2. The fourth-order valence-electron chi connectivity index (χ4n) is 3.53. The highest BCUT2D eigenvalue weighted by molar-refractivity contribution is 5.39. The van der Waals surface area contributed by atoms with Gasteiger partial charge in [0.15, 0.2) is 0 Å². The van der Waals surface area contributed by atoms with Gasteiger partial charge in [0.2, 0.25) is 0 Å². The summed E-state index contributed by atoms with van der Waals surface area (Å²) in [6.07, 6.45) is 2.29. The summed E-state index contributed by atoms with van der Waals surface area (Å²) in [7, 11) is 2.05. The van der Waals surface area contributed by atoms with Crippen LogP contribution in [0.3, 0.4) is 0 Å². The molecule has 0 aromatic heterocycles. The fraction of sp³-hybridized carbons (Fsp3) is 0.684. The summed E-state index contributed by atoms with van der Waals surface area (Å²) in [6, 6.07) is 7.26. The van der Waals surface area contributed by atoms with Gasteiger partial charge in [-0.25, -0.2) is 0 Å². The van der Waals surface area contributed by atoms with Crippen LogP contribution < -0.4 is 5.32 Å². The van der Waals surface area contributed by atoms with Crippen molar-refractivity contribution in [2.45, 2.75) is 70.9 Å². The molecule has 0 aliphatic carbocycles. The number of benzene rings is 1.